The van der Waals surface area contributed by atoms with E-state index < -0.39 is 0 Å². The van der Waals surface area contributed by atoms with E-state index in [2.05, 4.69) is 19.2 Å². The maximum Gasteiger partial charge on any atom is 0.0967 e. The number of hydrogen-bond donors (Lipinski definition) is 1. The third-order valence-electron chi connectivity index (χ3n) is 3.04. The zero-order valence-corrected chi connectivity index (χ0v) is 11.6. The Bertz CT molecular complexity index is 397. The summed E-state index contributed by atoms with van der Waals surface area (Å²) in [6, 6.07) is 5.97. The van der Waals surface area contributed by atoms with Gasteiger partial charge in [0, 0.05) is 28.2 Å². The lowest BCUT2D eigenvalue weighted by atomic mass is 10.1. The molecule has 3 unspecified atom stereocenters. The Kier molecular flexibility index (Phi) is 4.31. The van der Waals surface area contributed by atoms with E-state index in [0.717, 1.165) is 18.5 Å². The van der Waals surface area contributed by atoms with Crippen LogP contribution in [0.4, 0.5) is 0 Å². The van der Waals surface area contributed by atoms with Crippen molar-refractivity contribution in [3.8, 4) is 0 Å². The number of hydrogen-bond acceptors (Lipinski definition) is 2. The highest BCUT2D eigenvalue weighted by Gasteiger charge is 2.23. The van der Waals surface area contributed by atoms with Crippen LogP contribution >= 0.6 is 23.2 Å². The van der Waals surface area contributed by atoms with Gasteiger partial charge in [-0.3, -0.25) is 0 Å². The molecular weight excluding hydrogens is 257 g/mol. The van der Waals surface area contributed by atoms with Gasteiger partial charge >= 0.3 is 0 Å². The number of rotatable bonds is 1. The summed E-state index contributed by atoms with van der Waals surface area (Å²) in [6.45, 7) is 5.03. The molecule has 4 heteroatoms. The first-order valence-electron chi connectivity index (χ1n) is 5.90. The van der Waals surface area contributed by atoms with Gasteiger partial charge in [0.05, 0.1) is 12.2 Å². The lowest BCUT2D eigenvalue weighted by molar-refractivity contribution is 0.00724. The summed E-state index contributed by atoms with van der Waals surface area (Å²) in [5.41, 5.74) is 0.965. The largest absolute Gasteiger partial charge is 0.369 e. The van der Waals surface area contributed by atoms with Gasteiger partial charge in [0.25, 0.3) is 0 Å². The predicted molar refractivity (Wildman–Crippen MR) is 71.8 cm³/mol. The van der Waals surface area contributed by atoms with E-state index in [1.807, 2.05) is 12.1 Å². The molecule has 0 aromatic heterocycles. The second-order valence-electron chi connectivity index (χ2n) is 4.65. The fraction of sp³-hybridized carbons (Fsp3) is 0.538. The van der Waals surface area contributed by atoms with Gasteiger partial charge in [-0.05, 0) is 38.5 Å². The first-order chi connectivity index (χ1) is 8.06. The van der Waals surface area contributed by atoms with Crippen LogP contribution in [0.2, 0.25) is 10.0 Å². The second-order valence-corrected chi connectivity index (χ2v) is 5.49. The van der Waals surface area contributed by atoms with Crippen molar-refractivity contribution in [3.63, 3.8) is 0 Å². The molecule has 1 saturated heterocycles. The molecule has 2 rings (SSSR count). The van der Waals surface area contributed by atoms with Gasteiger partial charge in [-0.15, -0.1) is 0 Å². The second kappa shape index (κ2) is 5.57. The summed E-state index contributed by atoms with van der Waals surface area (Å²) >= 11 is 12.2. The van der Waals surface area contributed by atoms with Gasteiger partial charge in [0.2, 0.25) is 0 Å². The average molecular weight is 274 g/mol. The van der Waals surface area contributed by atoms with Crippen molar-refractivity contribution >= 4 is 23.2 Å². The average Bonchev–Trinajstić information content (AvgIpc) is 2.43. The molecule has 0 spiro atoms. The molecule has 1 fully saturated rings. The quantitative estimate of drug-likeness (QED) is 0.840. The third kappa shape index (κ3) is 3.35. The molecule has 2 nitrogen and oxygen atoms in total. The molecule has 0 bridgehead atoms. The van der Waals surface area contributed by atoms with Crippen molar-refractivity contribution in [3.05, 3.63) is 33.8 Å². The van der Waals surface area contributed by atoms with Crippen molar-refractivity contribution in [1.82, 2.24) is 5.32 Å². The monoisotopic (exact) mass is 273 g/mol. The third-order valence-corrected chi connectivity index (χ3v) is 3.62. The SMILES string of the molecule is CC1CC(C)OC(c2cc(Cl)ccc2Cl)CN1. The number of ether oxygens (including phenoxy) is 1. The number of benzene rings is 1. The summed E-state index contributed by atoms with van der Waals surface area (Å²) in [4.78, 5) is 0. The number of halogens is 2. The minimum Gasteiger partial charge on any atom is -0.369 e. The minimum absolute atomic E-state index is 0.0267. The molecule has 1 N–H and O–H groups in total. The molecule has 1 aliphatic rings. The lowest BCUT2D eigenvalue weighted by Crippen LogP contribution is -2.28. The van der Waals surface area contributed by atoms with Gasteiger partial charge in [0.15, 0.2) is 0 Å². The Morgan fingerprint density at radius 1 is 1.29 bits per heavy atom. The summed E-state index contributed by atoms with van der Waals surface area (Å²) in [5.74, 6) is 0. The summed E-state index contributed by atoms with van der Waals surface area (Å²) in [5, 5.41) is 4.85. The topological polar surface area (TPSA) is 21.3 Å². The van der Waals surface area contributed by atoms with Gasteiger partial charge < -0.3 is 10.1 Å². The van der Waals surface area contributed by atoms with Crippen LogP contribution in [0.3, 0.4) is 0 Å². The first-order valence-corrected chi connectivity index (χ1v) is 6.65. The van der Waals surface area contributed by atoms with E-state index in [1.54, 1.807) is 6.07 Å². The van der Waals surface area contributed by atoms with E-state index in [1.165, 1.54) is 0 Å². The van der Waals surface area contributed by atoms with Gasteiger partial charge in [-0.2, -0.15) is 0 Å². The fourth-order valence-electron chi connectivity index (χ4n) is 2.22. The van der Waals surface area contributed by atoms with E-state index in [-0.39, 0.29) is 12.2 Å². The summed E-state index contributed by atoms with van der Waals surface area (Å²) in [7, 11) is 0. The minimum atomic E-state index is -0.0267. The van der Waals surface area contributed by atoms with Crippen LogP contribution in [0.25, 0.3) is 0 Å². The normalized spacial score (nSPS) is 30.0. The molecule has 0 amide bonds. The Labute approximate surface area is 112 Å². The highest BCUT2D eigenvalue weighted by molar-refractivity contribution is 6.33. The van der Waals surface area contributed by atoms with E-state index in [0.29, 0.717) is 16.1 Å². The lowest BCUT2D eigenvalue weighted by Gasteiger charge is -2.20. The van der Waals surface area contributed by atoms with Gasteiger partial charge in [0.1, 0.15) is 0 Å². The van der Waals surface area contributed by atoms with Gasteiger partial charge in [-0.1, -0.05) is 23.2 Å². The van der Waals surface area contributed by atoms with Crippen molar-refractivity contribution in [1.29, 1.82) is 0 Å². The van der Waals surface area contributed by atoms with Crippen LogP contribution in [-0.4, -0.2) is 18.7 Å². The van der Waals surface area contributed by atoms with Crippen molar-refractivity contribution < 1.29 is 4.74 Å². The fourth-order valence-corrected chi connectivity index (χ4v) is 2.64. The van der Waals surface area contributed by atoms with Crippen LogP contribution in [0, 0.1) is 0 Å². The maximum atomic E-state index is 6.20. The summed E-state index contributed by atoms with van der Waals surface area (Å²) in [6.07, 6.45) is 1.20. The van der Waals surface area contributed by atoms with E-state index >= 15 is 0 Å². The van der Waals surface area contributed by atoms with Crippen LogP contribution in [0.1, 0.15) is 31.9 Å². The van der Waals surface area contributed by atoms with Crippen molar-refractivity contribution in [2.24, 2.45) is 0 Å². The molecule has 17 heavy (non-hydrogen) atoms. The first kappa shape index (κ1) is 13.2. The molecule has 1 aromatic carbocycles. The number of nitrogens with one attached hydrogen (secondary N) is 1. The Hall–Kier alpha value is -0.280. The van der Waals surface area contributed by atoms with Crippen LogP contribution < -0.4 is 5.32 Å². The summed E-state index contributed by atoms with van der Waals surface area (Å²) < 4.78 is 6.00. The zero-order chi connectivity index (χ0) is 12.4. The highest BCUT2D eigenvalue weighted by atomic mass is 35.5. The predicted octanol–water partition coefficient (Wildman–Crippen LogP) is 3.82. The highest BCUT2D eigenvalue weighted by Crippen LogP contribution is 2.30. The molecule has 0 aliphatic carbocycles. The van der Waals surface area contributed by atoms with Crippen LogP contribution in [0.5, 0.6) is 0 Å². The molecule has 1 aliphatic heterocycles. The molecular formula is C13H17Cl2NO. The Morgan fingerprint density at radius 2 is 2.06 bits per heavy atom. The van der Waals surface area contributed by atoms with Crippen LogP contribution in [0.15, 0.2) is 18.2 Å². The Balaban J connectivity index is 2.23. The molecule has 3 atom stereocenters. The van der Waals surface area contributed by atoms with Gasteiger partial charge in [-0.25, -0.2) is 0 Å². The zero-order valence-electron chi connectivity index (χ0n) is 10.0. The smallest absolute Gasteiger partial charge is 0.0967 e. The van der Waals surface area contributed by atoms with Crippen molar-refractivity contribution in [2.45, 2.75) is 38.5 Å². The van der Waals surface area contributed by atoms with E-state index in [4.69, 9.17) is 27.9 Å². The Morgan fingerprint density at radius 3 is 2.82 bits per heavy atom. The molecule has 0 saturated carbocycles. The van der Waals surface area contributed by atoms with Crippen LogP contribution in [-0.2, 0) is 4.74 Å². The molecule has 94 valence electrons. The molecule has 1 aromatic rings. The van der Waals surface area contributed by atoms with E-state index in [9.17, 15) is 0 Å². The van der Waals surface area contributed by atoms with Crippen molar-refractivity contribution in [2.75, 3.05) is 6.54 Å². The molecule has 1 heterocycles. The standard InChI is InChI=1S/C13H17Cl2NO/c1-8-5-9(2)17-13(7-16-8)11-6-10(14)3-4-12(11)15/h3-4,6,8-9,13,16H,5,7H2,1-2H3. The molecule has 0 radical (unpaired) electrons. The maximum absolute atomic E-state index is 6.20.